The van der Waals surface area contributed by atoms with Crippen molar-refractivity contribution < 1.29 is 22.7 Å². The molecule has 11 heteroatoms. The van der Waals surface area contributed by atoms with Crippen LogP contribution in [0.1, 0.15) is 35.3 Å². The average molecular weight is 516 g/mol. The number of ether oxygens (including phenoxy) is 1. The standard InChI is InChI=1S/C23H18ClF2N5O3.C2H6/c24-18-7-12(1-6-19(18)25)10-33-14-4-2-13(3-5-14)29-23(32)17-11-34-21-9-16(22(30-27)31-28)20(26)8-15(17)21;1-2/h1-9,11H,10,27-28H2,(H,29,32)(H,30,31);1-2H3. The Morgan fingerprint density at radius 3 is 2.42 bits per heavy atom. The molecule has 188 valence electrons. The lowest BCUT2D eigenvalue weighted by atomic mass is 10.1. The fraction of sp³-hybridized carbons (Fsp3) is 0.120. The molecule has 0 bridgehead atoms. The molecular weight excluding hydrogens is 492 g/mol. The minimum absolute atomic E-state index is 0.00249. The number of fused-ring (bicyclic) bond motifs is 1. The molecular formula is C25H24ClF2N5O3. The summed E-state index contributed by atoms with van der Waals surface area (Å²) in [7, 11) is 0. The van der Waals surface area contributed by atoms with Crippen molar-refractivity contribution in [2.24, 2.45) is 16.8 Å². The van der Waals surface area contributed by atoms with E-state index in [4.69, 9.17) is 32.4 Å². The zero-order valence-electron chi connectivity index (χ0n) is 19.4. The van der Waals surface area contributed by atoms with Gasteiger partial charge < -0.3 is 25.7 Å². The van der Waals surface area contributed by atoms with E-state index in [1.807, 2.05) is 13.8 Å². The summed E-state index contributed by atoms with van der Waals surface area (Å²) < 4.78 is 38.8. The number of hydrogen-bond donors (Lipinski definition) is 4. The predicted molar refractivity (Wildman–Crippen MR) is 136 cm³/mol. The number of anilines is 1. The monoisotopic (exact) mass is 515 g/mol. The summed E-state index contributed by atoms with van der Waals surface area (Å²) in [5, 5.41) is 6.38. The maximum atomic E-state index is 14.5. The first-order chi connectivity index (χ1) is 17.4. The van der Waals surface area contributed by atoms with Gasteiger partial charge in [-0.15, -0.1) is 0 Å². The van der Waals surface area contributed by atoms with Crippen molar-refractivity contribution in [3.05, 3.63) is 94.2 Å². The highest BCUT2D eigenvalue weighted by Crippen LogP contribution is 2.26. The molecule has 4 rings (SSSR count). The van der Waals surface area contributed by atoms with Gasteiger partial charge in [-0.3, -0.25) is 4.79 Å². The number of carbonyl (C=O) groups excluding carboxylic acids is 1. The smallest absolute Gasteiger partial charge is 0.259 e. The summed E-state index contributed by atoms with van der Waals surface area (Å²) in [5.74, 6) is 9.26. The van der Waals surface area contributed by atoms with Gasteiger partial charge in [0.2, 0.25) is 0 Å². The molecule has 0 fully saturated rings. The number of furan rings is 1. The summed E-state index contributed by atoms with van der Waals surface area (Å²) in [5.41, 5.74) is 3.78. The molecule has 0 radical (unpaired) electrons. The topological polar surface area (TPSA) is 128 Å². The van der Waals surface area contributed by atoms with Crippen LogP contribution in [0.3, 0.4) is 0 Å². The molecule has 6 N–H and O–H groups in total. The van der Waals surface area contributed by atoms with Crippen LogP contribution in [0.4, 0.5) is 14.5 Å². The van der Waals surface area contributed by atoms with Gasteiger partial charge >= 0.3 is 0 Å². The maximum absolute atomic E-state index is 14.5. The molecule has 0 aliphatic heterocycles. The van der Waals surface area contributed by atoms with Crippen LogP contribution in [0.15, 0.2) is 70.4 Å². The third kappa shape index (κ3) is 5.91. The minimum Gasteiger partial charge on any atom is -0.489 e. The Morgan fingerprint density at radius 1 is 1.06 bits per heavy atom. The Hall–Kier alpha value is -4.15. The number of carbonyl (C=O) groups is 1. The largest absolute Gasteiger partial charge is 0.489 e. The second kappa shape index (κ2) is 12.0. The van der Waals surface area contributed by atoms with E-state index in [-0.39, 0.29) is 39.6 Å². The van der Waals surface area contributed by atoms with Gasteiger partial charge in [0.05, 0.1) is 16.1 Å². The quantitative estimate of drug-likeness (QED) is 0.119. The number of hydrazine groups is 1. The van der Waals surface area contributed by atoms with Crippen molar-refractivity contribution in [2.45, 2.75) is 20.5 Å². The molecule has 0 atom stereocenters. The number of nitrogens with zero attached hydrogens (tertiary/aromatic N) is 1. The Bertz CT molecular complexity index is 1390. The first-order valence-electron chi connectivity index (χ1n) is 10.8. The minimum atomic E-state index is -0.686. The van der Waals surface area contributed by atoms with Gasteiger partial charge in [-0.1, -0.05) is 31.5 Å². The number of amides is 1. The lowest BCUT2D eigenvalue weighted by Gasteiger charge is -2.09. The van der Waals surface area contributed by atoms with Gasteiger partial charge in [-0.25, -0.2) is 14.6 Å². The molecule has 1 heterocycles. The summed E-state index contributed by atoms with van der Waals surface area (Å²) in [4.78, 5) is 12.7. The second-order valence-corrected chi connectivity index (χ2v) is 7.52. The molecule has 8 nitrogen and oxygen atoms in total. The van der Waals surface area contributed by atoms with Crippen molar-refractivity contribution in [1.29, 1.82) is 0 Å². The number of halogens is 3. The fourth-order valence-electron chi connectivity index (χ4n) is 3.22. The molecule has 1 amide bonds. The molecule has 36 heavy (non-hydrogen) atoms. The second-order valence-electron chi connectivity index (χ2n) is 7.12. The Kier molecular flexibility index (Phi) is 8.82. The zero-order valence-corrected chi connectivity index (χ0v) is 20.2. The average Bonchev–Trinajstić information content (AvgIpc) is 3.30. The van der Waals surface area contributed by atoms with E-state index >= 15 is 0 Å². The molecule has 0 aliphatic carbocycles. The van der Waals surface area contributed by atoms with Crippen LogP contribution in [0.5, 0.6) is 5.75 Å². The molecule has 3 aromatic carbocycles. The van der Waals surface area contributed by atoms with Gasteiger partial charge in [0, 0.05) is 11.1 Å². The van der Waals surface area contributed by atoms with Gasteiger partial charge in [-0.2, -0.15) is 5.10 Å². The van der Waals surface area contributed by atoms with E-state index in [9.17, 15) is 13.6 Å². The lowest BCUT2D eigenvalue weighted by molar-refractivity contribution is 0.102. The number of hydrazone groups is 1. The maximum Gasteiger partial charge on any atom is 0.259 e. The van der Waals surface area contributed by atoms with Crippen LogP contribution >= 0.6 is 11.6 Å². The van der Waals surface area contributed by atoms with E-state index < -0.39 is 17.5 Å². The van der Waals surface area contributed by atoms with E-state index in [0.717, 1.165) is 6.07 Å². The third-order valence-electron chi connectivity index (χ3n) is 4.93. The lowest BCUT2D eigenvalue weighted by Crippen LogP contribution is -2.32. The normalized spacial score (nSPS) is 11.0. The molecule has 0 saturated carbocycles. The summed E-state index contributed by atoms with van der Waals surface area (Å²) >= 11 is 5.77. The van der Waals surface area contributed by atoms with Crippen LogP contribution in [-0.4, -0.2) is 11.7 Å². The Labute approximate surface area is 210 Å². The first kappa shape index (κ1) is 26.5. The van der Waals surface area contributed by atoms with Crippen molar-refractivity contribution in [2.75, 3.05) is 5.32 Å². The van der Waals surface area contributed by atoms with Crippen LogP contribution in [0.2, 0.25) is 5.02 Å². The van der Waals surface area contributed by atoms with Crippen LogP contribution < -0.4 is 27.2 Å². The Morgan fingerprint density at radius 2 is 1.78 bits per heavy atom. The third-order valence-corrected chi connectivity index (χ3v) is 5.22. The van der Waals surface area contributed by atoms with E-state index in [1.165, 1.54) is 24.5 Å². The van der Waals surface area contributed by atoms with Crippen LogP contribution in [0, 0.1) is 11.6 Å². The number of rotatable bonds is 6. The molecule has 4 aromatic rings. The Balaban J connectivity index is 0.00000176. The highest BCUT2D eigenvalue weighted by atomic mass is 35.5. The molecule has 0 saturated heterocycles. The van der Waals surface area contributed by atoms with Gasteiger partial charge in [0.15, 0.2) is 5.84 Å². The molecule has 0 aliphatic rings. The summed E-state index contributed by atoms with van der Waals surface area (Å²) in [6, 6.07) is 13.4. The van der Waals surface area contributed by atoms with Crippen LogP contribution in [-0.2, 0) is 6.61 Å². The van der Waals surface area contributed by atoms with Gasteiger partial charge in [-0.05, 0) is 54.1 Å². The highest BCUT2D eigenvalue weighted by molar-refractivity contribution is 6.30. The van der Waals surface area contributed by atoms with Crippen molar-refractivity contribution in [1.82, 2.24) is 5.43 Å². The highest BCUT2D eigenvalue weighted by Gasteiger charge is 2.19. The number of hydrogen-bond acceptors (Lipinski definition) is 6. The number of amidine groups is 1. The molecule has 0 unspecified atom stereocenters. The van der Waals surface area contributed by atoms with E-state index in [1.54, 1.807) is 30.3 Å². The predicted octanol–water partition coefficient (Wildman–Crippen LogP) is 5.31. The van der Waals surface area contributed by atoms with E-state index in [0.29, 0.717) is 17.0 Å². The van der Waals surface area contributed by atoms with Gasteiger partial charge in [0.25, 0.3) is 5.91 Å². The molecule has 1 aromatic heterocycles. The zero-order chi connectivity index (χ0) is 26.2. The summed E-state index contributed by atoms with van der Waals surface area (Å²) in [6.07, 6.45) is 1.23. The van der Waals surface area contributed by atoms with Crippen molar-refractivity contribution in [3.8, 4) is 5.75 Å². The van der Waals surface area contributed by atoms with Gasteiger partial charge in [0.1, 0.15) is 35.8 Å². The van der Waals surface area contributed by atoms with Crippen molar-refractivity contribution in [3.63, 3.8) is 0 Å². The first-order valence-corrected chi connectivity index (χ1v) is 11.2. The van der Waals surface area contributed by atoms with Crippen LogP contribution in [0.25, 0.3) is 11.0 Å². The number of nitrogens with two attached hydrogens (primary N) is 2. The van der Waals surface area contributed by atoms with E-state index in [2.05, 4.69) is 15.8 Å². The number of benzene rings is 3. The molecule has 0 spiro atoms. The fourth-order valence-corrected chi connectivity index (χ4v) is 3.42. The van der Waals surface area contributed by atoms with Crippen molar-refractivity contribution >= 4 is 40.0 Å². The number of nitrogens with one attached hydrogen (secondary N) is 2. The SMILES string of the molecule is CC.N/N=C(\NN)c1cc2occ(C(=O)Nc3ccc(OCc4ccc(F)c(Cl)c4)cc3)c2cc1F. The summed E-state index contributed by atoms with van der Waals surface area (Å²) in [6.45, 7) is 4.19.